The van der Waals surface area contributed by atoms with Crippen molar-refractivity contribution in [2.45, 2.75) is 25.3 Å². The Kier molecular flexibility index (Phi) is 5.44. The Balaban J connectivity index is 2.29. The average Bonchev–Trinajstić information content (AvgIpc) is 2.54. The average molecular weight is 292 g/mol. The van der Waals surface area contributed by atoms with Gasteiger partial charge in [-0.2, -0.15) is 0 Å². The minimum Gasteiger partial charge on any atom is -0.493 e. The minimum absolute atomic E-state index is 0.0192. The molecule has 0 spiro atoms. The fraction of sp³-hybridized carbons (Fsp3) is 0.562. The molecule has 1 aliphatic rings. The quantitative estimate of drug-likeness (QED) is 0.901. The lowest BCUT2D eigenvalue weighted by atomic mass is 10.0. The first-order valence-electron chi connectivity index (χ1n) is 7.39. The van der Waals surface area contributed by atoms with Gasteiger partial charge >= 0.3 is 0 Å². The number of hydrogen-bond donors (Lipinski definition) is 1. The van der Waals surface area contributed by atoms with E-state index in [2.05, 4.69) is 5.32 Å². The van der Waals surface area contributed by atoms with Crippen LogP contribution in [0.4, 0.5) is 0 Å². The van der Waals surface area contributed by atoms with E-state index in [1.54, 1.807) is 26.4 Å². The first-order chi connectivity index (χ1) is 10.2. The maximum Gasteiger partial charge on any atom is 0.258 e. The Labute approximate surface area is 126 Å². The summed E-state index contributed by atoms with van der Waals surface area (Å²) in [6.07, 6.45) is 3.27. The topological polar surface area (TPSA) is 50.8 Å². The summed E-state index contributed by atoms with van der Waals surface area (Å²) in [6.45, 7) is 1.61. The number of likely N-dealkylation sites (tertiary alicyclic amines) is 1. The highest BCUT2D eigenvalue weighted by atomic mass is 16.5. The number of ether oxygens (including phenoxy) is 2. The number of methoxy groups -OCH3 is 2. The lowest BCUT2D eigenvalue weighted by molar-refractivity contribution is 0.0611. The summed E-state index contributed by atoms with van der Waals surface area (Å²) in [5.74, 6) is 1.12. The van der Waals surface area contributed by atoms with Crippen molar-refractivity contribution in [3.05, 3.63) is 23.8 Å². The van der Waals surface area contributed by atoms with Gasteiger partial charge in [0, 0.05) is 19.1 Å². The van der Waals surface area contributed by atoms with Crippen LogP contribution in [0.15, 0.2) is 18.2 Å². The van der Waals surface area contributed by atoms with Crippen molar-refractivity contribution >= 4 is 5.91 Å². The van der Waals surface area contributed by atoms with Crippen molar-refractivity contribution in [1.82, 2.24) is 10.2 Å². The summed E-state index contributed by atoms with van der Waals surface area (Å²) in [7, 11) is 5.07. The van der Waals surface area contributed by atoms with Crippen LogP contribution in [0.1, 0.15) is 29.6 Å². The highest BCUT2D eigenvalue weighted by Gasteiger charge is 2.29. The third-order valence-corrected chi connectivity index (χ3v) is 3.96. The van der Waals surface area contributed by atoms with Crippen molar-refractivity contribution in [1.29, 1.82) is 0 Å². The molecule has 1 unspecified atom stereocenters. The molecule has 1 N–H and O–H groups in total. The number of benzene rings is 1. The van der Waals surface area contributed by atoms with Crippen molar-refractivity contribution in [2.75, 3.05) is 34.4 Å². The van der Waals surface area contributed by atoms with Gasteiger partial charge in [-0.3, -0.25) is 4.79 Å². The molecule has 1 aromatic rings. The molecule has 1 saturated heterocycles. The standard InChI is InChI=1S/C16H24N2O3/c1-17-11-12-7-4-5-10-18(12)16(19)13-8-6-9-14(20-2)15(13)21-3/h6,8-9,12,17H,4-5,7,10-11H2,1-3H3. The van der Waals surface area contributed by atoms with Crippen LogP contribution in [0, 0.1) is 0 Å². The van der Waals surface area contributed by atoms with Gasteiger partial charge in [0.15, 0.2) is 11.5 Å². The van der Waals surface area contributed by atoms with Crippen molar-refractivity contribution in [2.24, 2.45) is 0 Å². The Hall–Kier alpha value is -1.75. The summed E-state index contributed by atoms with van der Waals surface area (Å²) < 4.78 is 10.7. The molecule has 0 bridgehead atoms. The van der Waals surface area contributed by atoms with E-state index in [1.165, 1.54) is 6.42 Å². The Morgan fingerprint density at radius 3 is 2.81 bits per heavy atom. The smallest absolute Gasteiger partial charge is 0.258 e. The molecule has 1 heterocycles. The molecule has 116 valence electrons. The lowest BCUT2D eigenvalue weighted by Crippen LogP contribution is -2.48. The number of piperidine rings is 1. The third-order valence-electron chi connectivity index (χ3n) is 3.96. The van der Waals surface area contributed by atoms with Gasteiger partial charge < -0.3 is 19.7 Å². The van der Waals surface area contributed by atoms with E-state index in [4.69, 9.17) is 9.47 Å². The van der Waals surface area contributed by atoms with Gasteiger partial charge in [-0.1, -0.05) is 6.07 Å². The van der Waals surface area contributed by atoms with Crippen LogP contribution in [-0.2, 0) is 0 Å². The number of para-hydroxylation sites is 1. The van der Waals surface area contributed by atoms with Gasteiger partial charge in [0.05, 0.1) is 19.8 Å². The van der Waals surface area contributed by atoms with Crippen LogP contribution in [0.3, 0.4) is 0 Å². The van der Waals surface area contributed by atoms with E-state index in [0.717, 1.165) is 25.9 Å². The second-order valence-electron chi connectivity index (χ2n) is 5.25. The molecule has 0 aliphatic carbocycles. The zero-order chi connectivity index (χ0) is 15.2. The summed E-state index contributed by atoms with van der Waals surface area (Å²) in [5.41, 5.74) is 0.569. The Morgan fingerprint density at radius 2 is 2.14 bits per heavy atom. The van der Waals surface area contributed by atoms with Crippen LogP contribution in [0.2, 0.25) is 0 Å². The number of amides is 1. The zero-order valence-corrected chi connectivity index (χ0v) is 13.0. The summed E-state index contributed by atoms with van der Waals surface area (Å²) >= 11 is 0. The zero-order valence-electron chi connectivity index (χ0n) is 13.0. The summed E-state index contributed by atoms with van der Waals surface area (Å²) in [6, 6.07) is 5.67. The Morgan fingerprint density at radius 1 is 1.33 bits per heavy atom. The van der Waals surface area contributed by atoms with Crippen LogP contribution < -0.4 is 14.8 Å². The van der Waals surface area contributed by atoms with Gasteiger partial charge in [-0.05, 0) is 38.4 Å². The van der Waals surface area contributed by atoms with E-state index >= 15 is 0 Å². The molecule has 0 saturated carbocycles. The molecular weight excluding hydrogens is 268 g/mol. The molecule has 5 heteroatoms. The lowest BCUT2D eigenvalue weighted by Gasteiger charge is -2.36. The van der Waals surface area contributed by atoms with E-state index in [0.29, 0.717) is 17.1 Å². The fourth-order valence-electron chi connectivity index (χ4n) is 2.93. The summed E-state index contributed by atoms with van der Waals surface area (Å²) in [4.78, 5) is 14.9. The monoisotopic (exact) mass is 292 g/mol. The molecule has 1 atom stereocenters. The minimum atomic E-state index is 0.0192. The van der Waals surface area contributed by atoms with Gasteiger partial charge in [0.2, 0.25) is 0 Å². The highest BCUT2D eigenvalue weighted by molar-refractivity contribution is 5.98. The maximum atomic E-state index is 12.9. The number of nitrogens with one attached hydrogen (secondary N) is 1. The van der Waals surface area contributed by atoms with Crippen LogP contribution >= 0.6 is 0 Å². The molecule has 1 amide bonds. The molecular formula is C16H24N2O3. The van der Waals surface area contributed by atoms with Crippen molar-refractivity contribution in [3.8, 4) is 11.5 Å². The number of likely N-dealkylation sites (N-methyl/N-ethyl adjacent to an activating group) is 1. The maximum absolute atomic E-state index is 12.9. The van der Waals surface area contributed by atoms with Crippen LogP contribution in [0.25, 0.3) is 0 Å². The predicted molar refractivity (Wildman–Crippen MR) is 82.1 cm³/mol. The SMILES string of the molecule is CNCC1CCCCN1C(=O)c1cccc(OC)c1OC. The molecule has 5 nitrogen and oxygen atoms in total. The predicted octanol–water partition coefficient (Wildman–Crippen LogP) is 1.92. The molecule has 0 radical (unpaired) electrons. The molecule has 1 fully saturated rings. The van der Waals surface area contributed by atoms with Gasteiger partial charge in [-0.25, -0.2) is 0 Å². The largest absolute Gasteiger partial charge is 0.493 e. The van der Waals surface area contributed by atoms with Crippen molar-refractivity contribution in [3.63, 3.8) is 0 Å². The van der Waals surface area contributed by atoms with E-state index in [-0.39, 0.29) is 11.9 Å². The molecule has 2 rings (SSSR count). The van der Waals surface area contributed by atoms with Gasteiger partial charge in [-0.15, -0.1) is 0 Å². The van der Waals surface area contributed by atoms with E-state index in [9.17, 15) is 4.79 Å². The third kappa shape index (κ3) is 3.29. The van der Waals surface area contributed by atoms with E-state index in [1.807, 2.05) is 18.0 Å². The van der Waals surface area contributed by atoms with Crippen molar-refractivity contribution < 1.29 is 14.3 Å². The van der Waals surface area contributed by atoms with Gasteiger partial charge in [0.25, 0.3) is 5.91 Å². The number of carbonyl (C=O) groups excluding carboxylic acids is 1. The molecule has 0 aromatic heterocycles. The fourth-order valence-corrected chi connectivity index (χ4v) is 2.93. The van der Waals surface area contributed by atoms with Gasteiger partial charge in [0.1, 0.15) is 0 Å². The second kappa shape index (κ2) is 7.31. The number of hydrogen-bond acceptors (Lipinski definition) is 4. The van der Waals surface area contributed by atoms with Crippen LogP contribution in [0.5, 0.6) is 11.5 Å². The number of nitrogens with zero attached hydrogens (tertiary/aromatic N) is 1. The highest BCUT2D eigenvalue weighted by Crippen LogP contribution is 2.32. The molecule has 21 heavy (non-hydrogen) atoms. The first kappa shape index (κ1) is 15.6. The number of carbonyl (C=O) groups is 1. The first-order valence-corrected chi connectivity index (χ1v) is 7.39. The van der Waals surface area contributed by atoms with E-state index < -0.39 is 0 Å². The van der Waals surface area contributed by atoms with Crippen LogP contribution in [-0.4, -0.2) is 51.2 Å². The molecule has 1 aromatic carbocycles. The molecule has 1 aliphatic heterocycles. The normalized spacial score (nSPS) is 18.4. The Bertz CT molecular complexity index is 488. The number of rotatable bonds is 5. The second-order valence-corrected chi connectivity index (χ2v) is 5.25. The summed E-state index contributed by atoms with van der Waals surface area (Å²) in [5, 5.41) is 3.18.